The predicted octanol–water partition coefficient (Wildman–Crippen LogP) is 2.34. The minimum atomic E-state index is -4.39. The van der Waals surface area contributed by atoms with Crippen molar-refractivity contribution in [2.24, 2.45) is 11.8 Å². The molecule has 0 aliphatic carbocycles. The van der Waals surface area contributed by atoms with E-state index >= 15 is 0 Å². The number of nitrogens with one attached hydrogen (secondary N) is 1. The van der Waals surface area contributed by atoms with Crippen molar-refractivity contribution >= 4 is 11.8 Å². The Hall–Kier alpha value is -1.27. The Morgan fingerprint density at radius 1 is 1.19 bits per heavy atom. The van der Waals surface area contributed by atoms with E-state index in [2.05, 4.69) is 0 Å². The van der Waals surface area contributed by atoms with Crippen LogP contribution in [0.25, 0.3) is 0 Å². The van der Waals surface area contributed by atoms with Crippen molar-refractivity contribution in [1.29, 1.82) is 0 Å². The molecule has 0 aromatic carbocycles. The first kappa shape index (κ1) is 17.8. The molecule has 4 nitrogen and oxygen atoms in total. The third-order valence-electron chi connectivity index (χ3n) is 3.98. The van der Waals surface area contributed by atoms with E-state index < -0.39 is 24.5 Å². The standard InChI is InChI=1S/C14H23F3N2O2/c1-3-10(4-2)13(21)19-7-5-11(6-8-19)12(20)18-9-14(15,16)17/h10-11H,3-9H2,1-2H3,(H,18,20). The van der Waals surface area contributed by atoms with E-state index in [4.69, 9.17) is 0 Å². The molecule has 0 saturated carbocycles. The topological polar surface area (TPSA) is 49.4 Å². The molecular formula is C14H23F3N2O2. The van der Waals surface area contributed by atoms with Gasteiger partial charge in [-0.3, -0.25) is 9.59 Å². The molecular weight excluding hydrogens is 285 g/mol. The van der Waals surface area contributed by atoms with E-state index in [1.54, 1.807) is 4.90 Å². The van der Waals surface area contributed by atoms with Gasteiger partial charge in [0.05, 0.1) is 0 Å². The van der Waals surface area contributed by atoms with E-state index in [1.807, 2.05) is 19.2 Å². The van der Waals surface area contributed by atoms with Crippen LogP contribution in [0.15, 0.2) is 0 Å². The molecule has 1 N–H and O–H groups in total. The largest absolute Gasteiger partial charge is 0.405 e. The van der Waals surface area contributed by atoms with Gasteiger partial charge in [-0.15, -0.1) is 0 Å². The third kappa shape index (κ3) is 5.55. The number of nitrogens with zero attached hydrogens (tertiary/aromatic N) is 1. The van der Waals surface area contributed by atoms with Crippen LogP contribution in [0.1, 0.15) is 39.5 Å². The number of carbonyl (C=O) groups is 2. The summed E-state index contributed by atoms with van der Waals surface area (Å²) < 4.78 is 36.2. The average molecular weight is 308 g/mol. The number of amides is 2. The summed E-state index contributed by atoms with van der Waals surface area (Å²) in [5.41, 5.74) is 0. The van der Waals surface area contributed by atoms with Crippen LogP contribution >= 0.6 is 0 Å². The summed E-state index contributed by atoms with van der Waals surface area (Å²) >= 11 is 0. The van der Waals surface area contributed by atoms with Crippen LogP contribution in [-0.4, -0.2) is 42.5 Å². The van der Waals surface area contributed by atoms with Crippen LogP contribution in [0.5, 0.6) is 0 Å². The third-order valence-corrected chi connectivity index (χ3v) is 3.98. The highest BCUT2D eigenvalue weighted by atomic mass is 19.4. The second-order valence-electron chi connectivity index (χ2n) is 5.45. The van der Waals surface area contributed by atoms with Crippen LogP contribution in [0.3, 0.4) is 0 Å². The molecule has 2 amide bonds. The summed E-state index contributed by atoms with van der Waals surface area (Å²) in [5, 5.41) is 1.91. The molecule has 1 aliphatic rings. The van der Waals surface area contributed by atoms with Crippen molar-refractivity contribution in [2.45, 2.75) is 45.7 Å². The average Bonchev–Trinajstić information content (AvgIpc) is 2.45. The van der Waals surface area contributed by atoms with Crippen molar-refractivity contribution in [3.8, 4) is 0 Å². The molecule has 0 bridgehead atoms. The Balaban J connectivity index is 2.41. The maximum absolute atomic E-state index is 12.2. The molecule has 21 heavy (non-hydrogen) atoms. The van der Waals surface area contributed by atoms with Crippen molar-refractivity contribution in [2.75, 3.05) is 19.6 Å². The van der Waals surface area contributed by atoms with Gasteiger partial charge in [-0.2, -0.15) is 13.2 Å². The number of piperidine rings is 1. The van der Waals surface area contributed by atoms with E-state index in [0.717, 1.165) is 12.8 Å². The Bertz CT molecular complexity index is 360. The fourth-order valence-electron chi connectivity index (χ4n) is 2.59. The van der Waals surface area contributed by atoms with Gasteiger partial charge in [0, 0.05) is 24.9 Å². The Labute approximate surface area is 123 Å². The summed E-state index contributed by atoms with van der Waals surface area (Å²) in [6.45, 7) is 3.52. The SMILES string of the molecule is CCC(CC)C(=O)N1CCC(C(=O)NCC(F)(F)F)CC1. The maximum Gasteiger partial charge on any atom is 0.405 e. The zero-order valence-corrected chi connectivity index (χ0v) is 12.5. The first-order valence-corrected chi connectivity index (χ1v) is 7.41. The maximum atomic E-state index is 12.2. The smallest absolute Gasteiger partial charge is 0.347 e. The second-order valence-corrected chi connectivity index (χ2v) is 5.45. The molecule has 1 fully saturated rings. The van der Waals surface area contributed by atoms with Gasteiger partial charge in [0.2, 0.25) is 11.8 Å². The van der Waals surface area contributed by atoms with E-state index in [0.29, 0.717) is 25.9 Å². The second kappa shape index (κ2) is 7.66. The van der Waals surface area contributed by atoms with Gasteiger partial charge >= 0.3 is 6.18 Å². The number of hydrogen-bond donors (Lipinski definition) is 1. The molecule has 1 saturated heterocycles. The monoisotopic (exact) mass is 308 g/mol. The normalized spacial score (nSPS) is 17.1. The molecule has 7 heteroatoms. The van der Waals surface area contributed by atoms with Gasteiger partial charge in [0.15, 0.2) is 0 Å². The lowest BCUT2D eigenvalue weighted by atomic mass is 9.93. The Morgan fingerprint density at radius 3 is 2.14 bits per heavy atom. The summed E-state index contributed by atoms with van der Waals surface area (Å²) in [5.74, 6) is -0.908. The summed E-state index contributed by atoms with van der Waals surface area (Å²) in [6.07, 6.45) is -1.98. The van der Waals surface area contributed by atoms with Crippen LogP contribution < -0.4 is 5.32 Å². The highest BCUT2D eigenvalue weighted by Crippen LogP contribution is 2.21. The van der Waals surface area contributed by atoms with Gasteiger partial charge in [0.25, 0.3) is 0 Å². The number of rotatable bonds is 5. The Kier molecular flexibility index (Phi) is 6.48. The van der Waals surface area contributed by atoms with Crippen molar-refractivity contribution in [3.05, 3.63) is 0 Å². The molecule has 1 aliphatic heterocycles. The van der Waals surface area contributed by atoms with Gasteiger partial charge in [0.1, 0.15) is 6.54 Å². The zero-order valence-electron chi connectivity index (χ0n) is 12.5. The van der Waals surface area contributed by atoms with Crippen LogP contribution in [0, 0.1) is 11.8 Å². The highest BCUT2D eigenvalue weighted by molar-refractivity contribution is 5.81. The van der Waals surface area contributed by atoms with Gasteiger partial charge in [-0.1, -0.05) is 13.8 Å². The van der Waals surface area contributed by atoms with Gasteiger partial charge in [-0.05, 0) is 25.7 Å². The summed E-state index contributed by atoms with van der Waals surface area (Å²) in [6, 6.07) is 0. The molecule has 0 atom stereocenters. The van der Waals surface area contributed by atoms with Crippen molar-refractivity contribution in [3.63, 3.8) is 0 Å². The molecule has 1 rings (SSSR count). The molecule has 122 valence electrons. The lowest BCUT2D eigenvalue weighted by molar-refractivity contribution is -0.143. The lowest BCUT2D eigenvalue weighted by Crippen LogP contribution is -2.46. The predicted molar refractivity (Wildman–Crippen MR) is 72.4 cm³/mol. The molecule has 0 aromatic rings. The van der Waals surface area contributed by atoms with Gasteiger partial charge in [-0.25, -0.2) is 0 Å². The van der Waals surface area contributed by atoms with Gasteiger partial charge < -0.3 is 10.2 Å². The summed E-state index contributed by atoms with van der Waals surface area (Å²) in [4.78, 5) is 25.6. The zero-order chi connectivity index (χ0) is 16.0. The van der Waals surface area contributed by atoms with Crippen molar-refractivity contribution in [1.82, 2.24) is 10.2 Å². The molecule has 0 radical (unpaired) electrons. The Morgan fingerprint density at radius 2 is 1.71 bits per heavy atom. The minimum Gasteiger partial charge on any atom is -0.347 e. The molecule has 0 aromatic heterocycles. The fourth-order valence-corrected chi connectivity index (χ4v) is 2.59. The number of hydrogen-bond acceptors (Lipinski definition) is 2. The van der Waals surface area contributed by atoms with E-state index in [9.17, 15) is 22.8 Å². The number of carbonyl (C=O) groups excluding carboxylic acids is 2. The van der Waals surface area contributed by atoms with E-state index in [-0.39, 0.29) is 11.8 Å². The number of alkyl halides is 3. The lowest BCUT2D eigenvalue weighted by Gasteiger charge is -2.33. The van der Waals surface area contributed by atoms with Crippen molar-refractivity contribution < 1.29 is 22.8 Å². The first-order chi connectivity index (χ1) is 9.78. The van der Waals surface area contributed by atoms with Crippen LogP contribution in [-0.2, 0) is 9.59 Å². The quantitative estimate of drug-likeness (QED) is 0.847. The first-order valence-electron chi connectivity index (χ1n) is 7.41. The highest BCUT2D eigenvalue weighted by Gasteiger charge is 2.32. The number of likely N-dealkylation sites (tertiary alicyclic amines) is 1. The fraction of sp³-hybridized carbons (Fsp3) is 0.857. The summed E-state index contributed by atoms with van der Waals surface area (Å²) in [7, 11) is 0. The number of halogens is 3. The van der Waals surface area contributed by atoms with Crippen LogP contribution in [0.2, 0.25) is 0 Å². The molecule has 1 heterocycles. The molecule has 0 unspecified atom stereocenters. The van der Waals surface area contributed by atoms with E-state index in [1.165, 1.54) is 0 Å². The molecule has 0 spiro atoms. The minimum absolute atomic E-state index is 0.000561. The van der Waals surface area contributed by atoms with Crippen LogP contribution in [0.4, 0.5) is 13.2 Å².